The first-order valence-electron chi connectivity index (χ1n) is 15.3. The summed E-state index contributed by atoms with van der Waals surface area (Å²) in [5.41, 5.74) is 2.43. The van der Waals surface area contributed by atoms with Crippen LogP contribution in [0.1, 0.15) is 57.4 Å². The minimum absolute atomic E-state index is 0.0815. The molecule has 2 heterocycles. The summed E-state index contributed by atoms with van der Waals surface area (Å²) in [6, 6.07) is 16.1. The van der Waals surface area contributed by atoms with E-state index >= 15 is 0 Å². The molecule has 1 aromatic heterocycles. The molecule has 47 heavy (non-hydrogen) atoms. The van der Waals surface area contributed by atoms with Crippen molar-refractivity contribution < 1.29 is 32.9 Å². The van der Waals surface area contributed by atoms with Gasteiger partial charge in [-0.2, -0.15) is 0 Å². The molecule has 1 aliphatic heterocycles. The number of benzene rings is 3. The lowest BCUT2D eigenvalue weighted by molar-refractivity contribution is -0.139. The normalized spacial score (nSPS) is 14.5. The highest BCUT2D eigenvalue weighted by Gasteiger charge is 2.34. The minimum atomic E-state index is -0.813. The molecular weight excluding hydrogens is 623 g/mol. The molecule has 246 valence electrons. The monoisotopic (exact) mass is 660 g/mol. The first-order chi connectivity index (χ1) is 22.6. The molecule has 9 nitrogen and oxygen atoms in total. The second kappa shape index (κ2) is 14.7. The lowest BCUT2D eigenvalue weighted by Gasteiger charge is -2.25. The third-order valence-corrected chi connectivity index (χ3v) is 8.21. The molecule has 0 fully saturated rings. The topological polar surface area (TPSA) is 97.6 Å². The number of allylic oxidation sites excluding steroid dienone is 1. The van der Waals surface area contributed by atoms with Gasteiger partial charge < -0.3 is 23.7 Å². The fourth-order valence-corrected chi connectivity index (χ4v) is 6.30. The van der Waals surface area contributed by atoms with Crippen molar-refractivity contribution in [2.24, 2.45) is 4.99 Å². The molecular formula is C36H37FN2O7S. The maximum absolute atomic E-state index is 14.1. The quantitative estimate of drug-likeness (QED) is 0.180. The summed E-state index contributed by atoms with van der Waals surface area (Å²) in [7, 11) is 1.54. The van der Waals surface area contributed by atoms with E-state index in [-0.39, 0.29) is 36.3 Å². The summed E-state index contributed by atoms with van der Waals surface area (Å²) in [6.07, 6.45) is 1.67. The van der Waals surface area contributed by atoms with Gasteiger partial charge in [0, 0.05) is 0 Å². The van der Waals surface area contributed by atoms with Gasteiger partial charge in [0.15, 0.2) is 27.8 Å². The Morgan fingerprint density at radius 2 is 1.79 bits per heavy atom. The van der Waals surface area contributed by atoms with Gasteiger partial charge >= 0.3 is 5.97 Å². The number of carbonyl (C=O) groups excluding carboxylic acids is 1. The number of fused-ring (bicyclic) bond motifs is 1. The molecule has 0 N–H and O–H groups in total. The van der Waals surface area contributed by atoms with Gasteiger partial charge in [-0.25, -0.2) is 14.2 Å². The predicted octanol–water partition coefficient (Wildman–Crippen LogP) is 5.71. The van der Waals surface area contributed by atoms with Gasteiger partial charge in [-0.3, -0.25) is 9.36 Å². The molecule has 0 saturated carbocycles. The van der Waals surface area contributed by atoms with E-state index in [1.807, 2.05) is 32.9 Å². The Balaban J connectivity index is 1.58. The summed E-state index contributed by atoms with van der Waals surface area (Å²) in [5, 5.41) is 0. The Bertz CT molecular complexity index is 2000. The van der Waals surface area contributed by atoms with Crippen LogP contribution < -0.4 is 33.8 Å². The van der Waals surface area contributed by atoms with E-state index in [2.05, 4.69) is 4.99 Å². The Hall–Kier alpha value is -4.90. The zero-order valence-corrected chi connectivity index (χ0v) is 28.0. The van der Waals surface area contributed by atoms with E-state index in [0.717, 1.165) is 0 Å². The third kappa shape index (κ3) is 7.41. The maximum Gasteiger partial charge on any atom is 0.338 e. The van der Waals surface area contributed by atoms with E-state index in [4.69, 9.17) is 23.7 Å². The number of esters is 1. The fourth-order valence-electron chi connectivity index (χ4n) is 5.25. The van der Waals surface area contributed by atoms with Crippen molar-refractivity contribution in [2.45, 2.75) is 53.4 Å². The Morgan fingerprint density at radius 1 is 1.00 bits per heavy atom. The number of halogens is 1. The van der Waals surface area contributed by atoms with Crippen LogP contribution in [0, 0.1) is 5.82 Å². The number of aromatic nitrogens is 1. The lowest BCUT2D eigenvalue weighted by atomic mass is 9.95. The number of methoxy groups -OCH3 is 1. The number of nitrogens with zero attached hydrogens (tertiary/aromatic N) is 2. The van der Waals surface area contributed by atoms with Gasteiger partial charge in [0.05, 0.1) is 48.3 Å². The van der Waals surface area contributed by atoms with Crippen LogP contribution in [0.3, 0.4) is 0 Å². The number of rotatable bonds is 12. The average Bonchev–Trinajstić information content (AvgIpc) is 3.33. The largest absolute Gasteiger partial charge is 0.493 e. The van der Waals surface area contributed by atoms with Crippen LogP contribution in [0.15, 0.2) is 81.7 Å². The van der Waals surface area contributed by atoms with Crippen molar-refractivity contribution in [3.8, 4) is 23.0 Å². The molecule has 1 aliphatic rings. The molecule has 0 aliphatic carbocycles. The molecule has 0 spiro atoms. The highest BCUT2D eigenvalue weighted by atomic mass is 32.1. The van der Waals surface area contributed by atoms with Crippen LogP contribution in [0.5, 0.6) is 23.0 Å². The zero-order chi connectivity index (χ0) is 33.7. The van der Waals surface area contributed by atoms with Crippen molar-refractivity contribution in [1.29, 1.82) is 0 Å². The summed E-state index contributed by atoms with van der Waals surface area (Å²) >= 11 is 1.22. The summed E-state index contributed by atoms with van der Waals surface area (Å²) in [4.78, 5) is 32.5. The van der Waals surface area contributed by atoms with Crippen molar-refractivity contribution >= 4 is 23.4 Å². The zero-order valence-electron chi connectivity index (χ0n) is 27.2. The molecule has 0 unspecified atom stereocenters. The molecule has 5 rings (SSSR count). The minimum Gasteiger partial charge on any atom is -0.493 e. The number of ether oxygens (including phenoxy) is 5. The maximum atomic E-state index is 14.1. The first kappa shape index (κ1) is 33.5. The molecule has 0 amide bonds. The molecule has 0 saturated heterocycles. The van der Waals surface area contributed by atoms with Gasteiger partial charge in [0.2, 0.25) is 0 Å². The summed E-state index contributed by atoms with van der Waals surface area (Å²) in [6.45, 7) is 9.88. The lowest BCUT2D eigenvalue weighted by Crippen LogP contribution is -2.40. The average molecular weight is 661 g/mol. The molecule has 11 heteroatoms. The molecule has 0 bridgehead atoms. The van der Waals surface area contributed by atoms with E-state index in [1.165, 1.54) is 28.0 Å². The van der Waals surface area contributed by atoms with Crippen molar-refractivity contribution in [2.75, 3.05) is 20.3 Å². The van der Waals surface area contributed by atoms with Gasteiger partial charge in [-0.15, -0.1) is 0 Å². The summed E-state index contributed by atoms with van der Waals surface area (Å²) in [5.74, 6) is 1.11. The van der Waals surface area contributed by atoms with Gasteiger partial charge in [-0.05, 0) is 93.8 Å². The first-order valence-corrected chi connectivity index (χ1v) is 16.1. The molecule has 1 atom stereocenters. The predicted molar refractivity (Wildman–Crippen MR) is 177 cm³/mol. The summed E-state index contributed by atoms with van der Waals surface area (Å²) < 4.78 is 44.3. The van der Waals surface area contributed by atoms with E-state index in [1.54, 1.807) is 63.4 Å². The van der Waals surface area contributed by atoms with Crippen molar-refractivity contribution in [3.63, 3.8) is 0 Å². The third-order valence-electron chi connectivity index (χ3n) is 7.23. The standard InChI is InChI=1S/C36H37FN2O7S/c1-7-43-30-17-23(12-14-27(30)45-20-24-10-9-11-26(37)16-24)18-31-34(40)39-33(25-13-15-28(46-21(3)4)29(19-25)42-6)32(35(41)44-8-2)22(5)38-36(39)47-31/h9-19,21,33H,7-8,20H2,1-6H3/b31-18-/t33-/m0/s1. The fraction of sp³-hybridized carbons (Fsp3) is 0.306. The van der Waals surface area contributed by atoms with Crippen LogP contribution in [0.25, 0.3) is 6.08 Å². The van der Waals surface area contributed by atoms with Crippen LogP contribution in [0.4, 0.5) is 4.39 Å². The molecule has 0 radical (unpaired) electrons. The van der Waals surface area contributed by atoms with Gasteiger partial charge in [0.25, 0.3) is 5.56 Å². The van der Waals surface area contributed by atoms with Crippen LogP contribution in [0.2, 0.25) is 0 Å². The van der Waals surface area contributed by atoms with Crippen LogP contribution in [-0.2, 0) is 16.1 Å². The van der Waals surface area contributed by atoms with Crippen LogP contribution in [-0.4, -0.2) is 37.0 Å². The van der Waals surface area contributed by atoms with E-state index in [9.17, 15) is 14.0 Å². The van der Waals surface area contributed by atoms with Gasteiger partial charge in [-0.1, -0.05) is 35.6 Å². The number of carbonyl (C=O) groups is 1. The second-order valence-electron chi connectivity index (χ2n) is 10.9. The van der Waals surface area contributed by atoms with Crippen molar-refractivity contribution in [3.05, 3.63) is 114 Å². The van der Waals surface area contributed by atoms with Gasteiger partial charge in [0.1, 0.15) is 12.4 Å². The molecule has 4 aromatic rings. The molecule has 3 aromatic carbocycles. The van der Waals surface area contributed by atoms with E-state index < -0.39 is 12.0 Å². The smallest absolute Gasteiger partial charge is 0.338 e. The SMILES string of the molecule is CCOC(=O)C1=C(C)N=c2s/c(=C\c3ccc(OCc4cccc(F)c4)c(OCC)c3)c(=O)n2[C@H]1c1ccc(OC(C)C)c(OC)c1. The second-order valence-corrected chi connectivity index (χ2v) is 11.9. The van der Waals surface area contributed by atoms with E-state index in [0.29, 0.717) is 61.3 Å². The Morgan fingerprint density at radius 3 is 2.49 bits per heavy atom. The number of hydrogen-bond donors (Lipinski definition) is 0. The van der Waals surface area contributed by atoms with Crippen LogP contribution >= 0.6 is 11.3 Å². The Kier molecular flexibility index (Phi) is 10.5. The highest BCUT2D eigenvalue weighted by molar-refractivity contribution is 7.07. The number of thiazole rings is 1. The number of hydrogen-bond acceptors (Lipinski definition) is 9. The van der Waals surface area contributed by atoms with Crippen molar-refractivity contribution in [1.82, 2.24) is 4.57 Å². The highest BCUT2D eigenvalue weighted by Crippen LogP contribution is 2.36. The Labute approximate surface area is 276 Å².